The topological polar surface area (TPSA) is 51.5 Å². The number of rotatable bonds is 3. The molecule has 0 bridgehead atoms. The maximum absolute atomic E-state index is 5.65. The molecule has 0 radical (unpaired) electrons. The molecule has 3 rings (SSSR count). The summed E-state index contributed by atoms with van der Waals surface area (Å²) in [4.78, 5) is 4.16. The number of ether oxygens (including phenoxy) is 1. The van der Waals surface area contributed by atoms with Crippen LogP contribution in [0.25, 0.3) is 5.65 Å². The standard InChI is InChI=1S/C12H16N4O/c1-9(10-3-2-8-17-10)14-11-4-5-12-13-6-7-16(12)15-11/h4-7,9-10H,2-3,8H2,1H3,(H,14,15)/t9-,10+/m1/s1. The number of hydrogen-bond donors (Lipinski definition) is 1. The SMILES string of the molecule is C[C@@H](Nc1ccc2nccn2n1)[C@@H]1CCCO1. The largest absolute Gasteiger partial charge is 0.376 e. The van der Waals surface area contributed by atoms with Gasteiger partial charge in [-0.2, -0.15) is 0 Å². The Bertz CT molecular complexity index is 504. The molecule has 90 valence electrons. The Labute approximate surface area is 99.8 Å². The molecule has 3 heterocycles. The van der Waals surface area contributed by atoms with Gasteiger partial charge in [-0.15, -0.1) is 5.10 Å². The third kappa shape index (κ3) is 2.10. The minimum atomic E-state index is 0.283. The Morgan fingerprint density at radius 3 is 3.29 bits per heavy atom. The summed E-state index contributed by atoms with van der Waals surface area (Å²) in [6.07, 6.45) is 6.18. The molecule has 0 aliphatic carbocycles. The lowest BCUT2D eigenvalue weighted by Gasteiger charge is -2.20. The zero-order valence-corrected chi connectivity index (χ0v) is 9.84. The molecule has 1 aliphatic rings. The van der Waals surface area contributed by atoms with Gasteiger partial charge in [0, 0.05) is 19.0 Å². The molecule has 1 saturated heterocycles. The van der Waals surface area contributed by atoms with Crippen LogP contribution in [0.5, 0.6) is 0 Å². The maximum atomic E-state index is 5.65. The van der Waals surface area contributed by atoms with Crippen molar-refractivity contribution in [2.75, 3.05) is 11.9 Å². The van der Waals surface area contributed by atoms with E-state index in [4.69, 9.17) is 4.74 Å². The molecular formula is C12H16N4O. The molecule has 2 aromatic heterocycles. The van der Waals surface area contributed by atoms with Crippen LogP contribution in [-0.2, 0) is 4.74 Å². The maximum Gasteiger partial charge on any atom is 0.153 e. The van der Waals surface area contributed by atoms with Crippen LogP contribution in [0.3, 0.4) is 0 Å². The first-order chi connectivity index (χ1) is 8.33. The van der Waals surface area contributed by atoms with E-state index in [-0.39, 0.29) is 6.04 Å². The van der Waals surface area contributed by atoms with E-state index >= 15 is 0 Å². The molecular weight excluding hydrogens is 216 g/mol. The molecule has 0 amide bonds. The van der Waals surface area contributed by atoms with Gasteiger partial charge in [0.25, 0.3) is 0 Å². The van der Waals surface area contributed by atoms with Crippen molar-refractivity contribution in [1.82, 2.24) is 14.6 Å². The number of imidazole rings is 1. The van der Waals surface area contributed by atoms with E-state index in [2.05, 4.69) is 22.3 Å². The van der Waals surface area contributed by atoms with Crippen LogP contribution in [0.2, 0.25) is 0 Å². The van der Waals surface area contributed by atoms with Gasteiger partial charge in [0.15, 0.2) is 5.65 Å². The van der Waals surface area contributed by atoms with Crippen molar-refractivity contribution < 1.29 is 4.74 Å². The van der Waals surface area contributed by atoms with Crippen molar-refractivity contribution in [3.63, 3.8) is 0 Å². The second-order valence-corrected chi connectivity index (χ2v) is 4.43. The number of nitrogens with zero attached hydrogens (tertiary/aromatic N) is 3. The Balaban J connectivity index is 1.74. The average Bonchev–Trinajstić information content (AvgIpc) is 2.99. The lowest BCUT2D eigenvalue weighted by molar-refractivity contribution is 0.0995. The summed E-state index contributed by atoms with van der Waals surface area (Å²) in [7, 11) is 0. The summed E-state index contributed by atoms with van der Waals surface area (Å²) < 4.78 is 7.42. The van der Waals surface area contributed by atoms with Gasteiger partial charge >= 0.3 is 0 Å². The zero-order valence-electron chi connectivity index (χ0n) is 9.84. The minimum absolute atomic E-state index is 0.283. The van der Waals surface area contributed by atoms with Crippen LogP contribution in [0.1, 0.15) is 19.8 Å². The fourth-order valence-corrected chi connectivity index (χ4v) is 2.22. The van der Waals surface area contributed by atoms with Crippen LogP contribution in [0, 0.1) is 0 Å². The molecule has 1 N–H and O–H groups in total. The predicted octanol–water partition coefficient (Wildman–Crippen LogP) is 1.71. The molecule has 0 spiro atoms. The normalized spacial score (nSPS) is 21.8. The van der Waals surface area contributed by atoms with Gasteiger partial charge in [0.2, 0.25) is 0 Å². The number of fused-ring (bicyclic) bond motifs is 1. The molecule has 2 atom stereocenters. The number of nitrogens with one attached hydrogen (secondary N) is 1. The van der Waals surface area contributed by atoms with E-state index in [0.29, 0.717) is 6.10 Å². The highest BCUT2D eigenvalue weighted by atomic mass is 16.5. The van der Waals surface area contributed by atoms with Crippen LogP contribution >= 0.6 is 0 Å². The quantitative estimate of drug-likeness (QED) is 0.875. The first kappa shape index (κ1) is 10.5. The molecule has 0 saturated carbocycles. The van der Waals surface area contributed by atoms with Crippen molar-refractivity contribution in [1.29, 1.82) is 0 Å². The third-order valence-electron chi connectivity index (χ3n) is 3.15. The smallest absolute Gasteiger partial charge is 0.153 e. The van der Waals surface area contributed by atoms with Crippen molar-refractivity contribution >= 4 is 11.5 Å². The molecule has 2 aromatic rings. The van der Waals surface area contributed by atoms with Gasteiger partial charge in [-0.05, 0) is 31.9 Å². The number of anilines is 1. The van der Waals surface area contributed by atoms with E-state index in [1.54, 1.807) is 10.7 Å². The number of aromatic nitrogens is 3. The second kappa shape index (κ2) is 4.33. The molecule has 0 unspecified atom stereocenters. The summed E-state index contributed by atoms with van der Waals surface area (Å²) in [5.41, 5.74) is 0.861. The van der Waals surface area contributed by atoms with Crippen LogP contribution in [0.4, 0.5) is 5.82 Å². The molecule has 1 fully saturated rings. The lowest BCUT2D eigenvalue weighted by atomic mass is 10.1. The van der Waals surface area contributed by atoms with E-state index in [0.717, 1.165) is 30.9 Å². The summed E-state index contributed by atoms with van der Waals surface area (Å²) in [5, 5.41) is 7.82. The Morgan fingerprint density at radius 1 is 1.53 bits per heavy atom. The fraction of sp³-hybridized carbons (Fsp3) is 0.500. The molecule has 0 aromatic carbocycles. The third-order valence-corrected chi connectivity index (χ3v) is 3.15. The van der Waals surface area contributed by atoms with Gasteiger partial charge in [-0.1, -0.05) is 0 Å². The molecule has 17 heavy (non-hydrogen) atoms. The van der Waals surface area contributed by atoms with Gasteiger partial charge in [-0.3, -0.25) is 0 Å². The van der Waals surface area contributed by atoms with Crippen molar-refractivity contribution in [2.24, 2.45) is 0 Å². The van der Waals surface area contributed by atoms with Gasteiger partial charge in [0.05, 0.1) is 12.1 Å². The van der Waals surface area contributed by atoms with Gasteiger partial charge < -0.3 is 10.1 Å². The van der Waals surface area contributed by atoms with Gasteiger partial charge in [0.1, 0.15) is 5.82 Å². The van der Waals surface area contributed by atoms with Crippen molar-refractivity contribution in [3.05, 3.63) is 24.5 Å². The molecule has 5 heteroatoms. The van der Waals surface area contributed by atoms with Crippen LogP contribution in [0.15, 0.2) is 24.5 Å². The Morgan fingerprint density at radius 2 is 2.47 bits per heavy atom. The predicted molar refractivity (Wildman–Crippen MR) is 65.0 cm³/mol. The monoisotopic (exact) mass is 232 g/mol. The van der Waals surface area contributed by atoms with Crippen molar-refractivity contribution in [3.8, 4) is 0 Å². The number of hydrogen-bond acceptors (Lipinski definition) is 4. The van der Waals surface area contributed by atoms with E-state index in [9.17, 15) is 0 Å². The zero-order chi connectivity index (χ0) is 11.7. The lowest BCUT2D eigenvalue weighted by Crippen LogP contribution is -2.30. The van der Waals surface area contributed by atoms with Crippen molar-refractivity contribution in [2.45, 2.75) is 31.9 Å². The fourth-order valence-electron chi connectivity index (χ4n) is 2.22. The van der Waals surface area contributed by atoms with Crippen LogP contribution < -0.4 is 5.32 Å². The Hall–Kier alpha value is -1.62. The van der Waals surface area contributed by atoms with E-state index in [1.807, 2.05) is 18.3 Å². The van der Waals surface area contributed by atoms with E-state index in [1.165, 1.54) is 0 Å². The highest BCUT2D eigenvalue weighted by Crippen LogP contribution is 2.18. The van der Waals surface area contributed by atoms with Gasteiger partial charge in [-0.25, -0.2) is 9.50 Å². The molecule has 5 nitrogen and oxygen atoms in total. The van der Waals surface area contributed by atoms with E-state index < -0.39 is 0 Å². The second-order valence-electron chi connectivity index (χ2n) is 4.43. The summed E-state index contributed by atoms with van der Waals surface area (Å²) >= 11 is 0. The minimum Gasteiger partial charge on any atom is -0.376 e. The molecule has 1 aliphatic heterocycles. The summed E-state index contributed by atoms with van der Waals surface area (Å²) in [6.45, 7) is 3.01. The summed E-state index contributed by atoms with van der Waals surface area (Å²) in [5.74, 6) is 0.860. The first-order valence-corrected chi connectivity index (χ1v) is 6.01. The van der Waals surface area contributed by atoms with Crippen LogP contribution in [-0.4, -0.2) is 33.4 Å². The Kier molecular flexibility index (Phi) is 2.68. The average molecular weight is 232 g/mol. The highest BCUT2D eigenvalue weighted by Gasteiger charge is 2.22. The highest BCUT2D eigenvalue weighted by molar-refractivity contribution is 5.44. The summed E-state index contributed by atoms with van der Waals surface area (Å²) in [6, 6.07) is 4.19. The first-order valence-electron chi connectivity index (χ1n) is 6.01.